The summed E-state index contributed by atoms with van der Waals surface area (Å²) in [7, 11) is 0. The molecule has 1 amide bonds. The second kappa shape index (κ2) is 6.84. The Hall–Kier alpha value is -1.41. The highest BCUT2D eigenvalue weighted by Crippen LogP contribution is 2.46. The number of amides is 1. The van der Waals surface area contributed by atoms with Crippen molar-refractivity contribution in [1.29, 1.82) is 0 Å². The predicted octanol–water partition coefficient (Wildman–Crippen LogP) is 3.69. The first-order valence-corrected chi connectivity index (χ1v) is 8.34. The van der Waals surface area contributed by atoms with E-state index in [2.05, 4.69) is 0 Å². The molecular weight excluding hydrogens is 367 g/mol. The van der Waals surface area contributed by atoms with E-state index in [0.717, 1.165) is 9.80 Å². The zero-order valence-electron chi connectivity index (χ0n) is 12.6. The molecule has 0 spiro atoms. The van der Waals surface area contributed by atoms with Crippen LogP contribution >= 0.6 is 23.4 Å². The zero-order chi connectivity index (χ0) is 18.1. The summed E-state index contributed by atoms with van der Waals surface area (Å²) in [6, 6.07) is 6.71. The van der Waals surface area contributed by atoms with E-state index in [-0.39, 0.29) is 6.54 Å². The Labute approximate surface area is 146 Å². The number of thioether (sulfide) groups is 1. The molecule has 2 rings (SSSR count). The first kappa shape index (κ1) is 18.9. The number of hydrogen-bond acceptors (Lipinski definition) is 3. The number of carboxylic acids is 1. The van der Waals surface area contributed by atoms with Crippen molar-refractivity contribution in [3.8, 4) is 0 Å². The summed E-state index contributed by atoms with van der Waals surface area (Å²) in [6.07, 6.45) is -5.53. The van der Waals surface area contributed by atoms with Crippen LogP contribution in [0.1, 0.15) is 13.3 Å². The number of nitrogens with zero attached hydrogens (tertiary/aromatic N) is 1. The molecule has 0 radical (unpaired) electrons. The molecule has 1 N–H and O–H groups in total. The summed E-state index contributed by atoms with van der Waals surface area (Å²) in [5.74, 6) is -2.45. The lowest BCUT2D eigenvalue weighted by atomic mass is 9.86. The van der Waals surface area contributed by atoms with E-state index in [0.29, 0.717) is 5.02 Å². The summed E-state index contributed by atoms with van der Waals surface area (Å²) in [5, 5.41) is 8.92. The van der Waals surface area contributed by atoms with Gasteiger partial charge in [0, 0.05) is 23.0 Å². The minimum Gasteiger partial charge on any atom is -0.481 e. The molecule has 2 atom stereocenters. The highest BCUT2D eigenvalue weighted by atomic mass is 35.5. The standard InChI is InChI=1S/C15H15ClF3NO3S/c1-9(24-11-4-2-10(16)3-5-11)12(21)20-7-6-14(8-20,13(22)23)15(17,18)19/h2-5,9H,6-8H2,1H3,(H,22,23). The molecular formula is C15H15ClF3NO3S. The first-order chi connectivity index (χ1) is 11.1. The van der Waals surface area contributed by atoms with E-state index in [9.17, 15) is 22.8 Å². The molecule has 4 nitrogen and oxygen atoms in total. The number of carboxylic acid groups (broad SMARTS) is 1. The number of rotatable bonds is 4. The number of halogens is 4. The number of aliphatic carboxylic acids is 1. The third-order valence-corrected chi connectivity index (χ3v) is 5.36. The normalized spacial score (nSPS) is 22.5. The van der Waals surface area contributed by atoms with Crippen LogP contribution in [0.2, 0.25) is 5.02 Å². The molecule has 1 aromatic rings. The van der Waals surface area contributed by atoms with Crippen LogP contribution < -0.4 is 0 Å². The molecule has 1 heterocycles. The molecule has 0 aromatic heterocycles. The van der Waals surface area contributed by atoms with Crippen molar-refractivity contribution >= 4 is 35.2 Å². The van der Waals surface area contributed by atoms with Gasteiger partial charge < -0.3 is 10.0 Å². The van der Waals surface area contributed by atoms with Crippen LogP contribution in [0.15, 0.2) is 29.2 Å². The van der Waals surface area contributed by atoms with Gasteiger partial charge in [-0.05, 0) is 37.6 Å². The van der Waals surface area contributed by atoms with Crippen LogP contribution in [-0.2, 0) is 9.59 Å². The van der Waals surface area contributed by atoms with Crippen LogP contribution in [0.5, 0.6) is 0 Å². The highest BCUT2D eigenvalue weighted by molar-refractivity contribution is 8.00. The predicted molar refractivity (Wildman–Crippen MR) is 84.1 cm³/mol. The van der Waals surface area contributed by atoms with Crippen LogP contribution in [-0.4, -0.2) is 46.4 Å². The maximum Gasteiger partial charge on any atom is 0.406 e. The van der Waals surface area contributed by atoms with Crippen molar-refractivity contribution in [3.05, 3.63) is 29.3 Å². The van der Waals surface area contributed by atoms with Gasteiger partial charge in [-0.25, -0.2) is 0 Å². The maximum absolute atomic E-state index is 13.2. The Morgan fingerprint density at radius 1 is 1.33 bits per heavy atom. The minimum absolute atomic E-state index is 0.226. The number of hydrogen-bond donors (Lipinski definition) is 1. The monoisotopic (exact) mass is 381 g/mol. The van der Waals surface area contributed by atoms with Crippen LogP contribution in [0, 0.1) is 5.41 Å². The van der Waals surface area contributed by atoms with Crippen LogP contribution in [0.3, 0.4) is 0 Å². The summed E-state index contributed by atoms with van der Waals surface area (Å²) < 4.78 is 39.5. The van der Waals surface area contributed by atoms with Crippen molar-refractivity contribution in [2.45, 2.75) is 29.7 Å². The van der Waals surface area contributed by atoms with Gasteiger partial charge in [-0.3, -0.25) is 9.59 Å². The number of alkyl halides is 3. The molecule has 1 fully saturated rings. The van der Waals surface area contributed by atoms with Gasteiger partial charge in [0.1, 0.15) is 0 Å². The average Bonchev–Trinajstić information content (AvgIpc) is 2.95. The van der Waals surface area contributed by atoms with Gasteiger partial charge in [0.05, 0.1) is 5.25 Å². The molecule has 1 saturated heterocycles. The quantitative estimate of drug-likeness (QED) is 0.808. The molecule has 24 heavy (non-hydrogen) atoms. The van der Waals surface area contributed by atoms with Crippen molar-refractivity contribution in [2.24, 2.45) is 5.41 Å². The SMILES string of the molecule is CC(Sc1ccc(Cl)cc1)C(=O)N1CCC(C(=O)O)(C(F)(F)F)C1. The molecule has 9 heteroatoms. The van der Waals surface area contributed by atoms with Gasteiger partial charge in [-0.15, -0.1) is 11.8 Å². The molecule has 1 aliphatic heterocycles. The van der Waals surface area contributed by atoms with E-state index >= 15 is 0 Å². The van der Waals surface area contributed by atoms with E-state index in [1.54, 1.807) is 31.2 Å². The Kier molecular flexibility index (Phi) is 5.39. The van der Waals surface area contributed by atoms with E-state index in [1.165, 1.54) is 11.8 Å². The number of likely N-dealkylation sites (tertiary alicyclic amines) is 1. The van der Waals surface area contributed by atoms with Gasteiger partial charge in [0.2, 0.25) is 5.91 Å². The fraction of sp³-hybridized carbons (Fsp3) is 0.467. The Morgan fingerprint density at radius 3 is 2.38 bits per heavy atom. The van der Waals surface area contributed by atoms with Crippen molar-refractivity contribution in [2.75, 3.05) is 13.1 Å². The minimum atomic E-state index is -4.90. The van der Waals surface area contributed by atoms with Crippen molar-refractivity contribution < 1.29 is 27.9 Å². The summed E-state index contributed by atoms with van der Waals surface area (Å²) in [6.45, 7) is 0.502. The first-order valence-electron chi connectivity index (χ1n) is 7.08. The third kappa shape index (κ3) is 3.64. The number of carbonyl (C=O) groups is 2. The maximum atomic E-state index is 13.2. The summed E-state index contributed by atoms with van der Waals surface area (Å²) >= 11 is 6.96. The van der Waals surface area contributed by atoms with Gasteiger partial charge in [0.15, 0.2) is 5.41 Å². The zero-order valence-corrected chi connectivity index (χ0v) is 14.2. The van der Waals surface area contributed by atoms with E-state index < -0.39 is 41.7 Å². The third-order valence-electron chi connectivity index (χ3n) is 4.01. The van der Waals surface area contributed by atoms with E-state index in [1.807, 2.05) is 0 Å². The molecule has 2 unspecified atom stereocenters. The van der Waals surface area contributed by atoms with Gasteiger partial charge in [-0.1, -0.05) is 11.6 Å². The lowest BCUT2D eigenvalue weighted by Crippen LogP contribution is -2.48. The van der Waals surface area contributed by atoms with E-state index in [4.69, 9.17) is 16.7 Å². The van der Waals surface area contributed by atoms with Crippen molar-refractivity contribution in [1.82, 2.24) is 4.90 Å². The topological polar surface area (TPSA) is 57.6 Å². The average molecular weight is 382 g/mol. The molecule has 132 valence electrons. The summed E-state index contributed by atoms with van der Waals surface area (Å²) in [4.78, 5) is 25.3. The second-order valence-corrected chi connectivity index (χ2v) is 7.46. The van der Waals surface area contributed by atoms with Gasteiger partial charge in [-0.2, -0.15) is 13.2 Å². The Morgan fingerprint density at radius 2 is 1.92 bits per heavy atom. The lowest BCUT2D eigenvalue weighted by Gasteiger charge is -2.28. The Balaban J connectivity index is 2.08. The summed E-state index contributed by atoms with van der Waals surface area (Å²) in [5.41, 5.74) is -2.88. The molecule has 0 bridgehead atoms. The molecule has 0 aliphatic carbocycles. The molecule has 1 aliphatic rings. The smallest absolute Gasteiger partial charge is 0.406 e. The fourth-order valence-electron chi connectivity index (χ4n) is 2.55. The lowest BCUT2D eigenvalue weighted by molar-refractivity contribution is -0.227. The van der Waals surface area contributed by atoms with Crippen LogP contribution in [0.4, 0.5) is 13.2 Å². The second-order valence-electron chi connectivity index (χ2n) is 5.61. The molecule has 1 aromatic carbocycles. The van der Waals surface area contributed by atoms with Gasteiger partial charge >= 0.3 is 12.1 Å². The fourth-order valence-corrected chi connectivity index (χ4v) is 3.63. The van der Waals surface area contributed by atoms with Crippen molar-refractivity contribution in [3.63, 3.8) is 0 Å². The van der Waals surface area contributed by atoms with Gasteiger partial charge in [0.25, 0.3) is 0 Å². The van der Waals surface area contributed by atoms with Crippen LogP contribution in [0.25, 0.3) is 0 Å². The molecule has 0 saturated carbocycles. The number of benzene rings is 1. The largest absolute Gasteiger partial charge is 0.481 e. The Bertz CT molecular complexity index is 638. The number of carbonyl (C=O) groups excluding carboxylic acids is 1. The highest BCUT2D eigenvalue weighted by Gasteiger charge is 2.64.